The van der Waals surface area contributed by atoms with Gasteiger partial charge < -0.3 is 24.8 Å². The van der Waals surface area contributed by atoms with E-state index in [2.05, 4.69) is 173 Å². The maximum atomic E-state index is 2.34. The summed E-state index contributed by atoms with van der Waals surface area (Å²) in [6.07, 6.45) is 1.09. The minimum atomic E-state index is 0. The van der Waals surface area contributed by atoms with Gasteiger partial charge in [0.25, 0.3) is 0 Å². The van der Waals surface area contributed by atoms with Crippen molar-refractivity contribution >= 4 is 48.5 Å². The Morgan fingerprint density at radius 1 is 0.490 bits per heavy atom. The Balaban J connectivity index is 0.000000184. The van der Waals surface area contributed by atoms with E-state index in [9.17, 15) is 0 Å². The Kier molecular flexibility index (Phi) is 14.2. The van der Waals surface area contributed by atoms with Gasteiger partial charge in [-0.3, -0.25) is 0 Å². The molecule has 0 aliphatic rings. The molecule has 0 heterocycles. The summed E-state index contributed by atoms with van der Waals surface area (Å²) in [7, 11) is 0. The predicted molar refractivity (Wildman–Crippen MR) is 206 cm³/mol. The Bertz CT molecular complexity index is 2290. The standard InChI is InChI=1S/C21H17.C20H15.C4H10Si.2ClH.Zr/c1-2-15-13-17-9-6-12-20(21(17)14-15)19-11-5-8-16-7-3-4-10-18(16)19;1-14-12-16-8-5-11-19(20(16)13-14)18-10-4-7-15-6-2-3-9-17(15)18;1-3-5-4-2;;;/h3-14H,2H2,1H3;2-13H,1H3;3-4H2,1-2H3;2*1H;/q2*-1;;;;+2/p-2. The third-order valence-electron chi connectivity index (χ3n) is 9.13. The van der Waals surface area contributed by atoms with Crippen molar-refractivity contribution in [1.29, 1.82) is 0 Å². The molecule has 0 fully saturated rings. The largest absolute Gasteiger partial charge is 1.00 e. The van der Waals surface area contributed by atoms with Gasteiger partial charge >= 0.3 is 54.7 Å². The first-order valence-corrected chi connectivity index (χ1v) is 22.5. The van der Waals surface area contributed by atoms with Gasteiger partial charge in [-0.25, -0.2) is 0 Å². The number of halogens is 2. The van der Waals surface area contributed by atoms with E-state index in [1.165, 1.54) is 88.6 Å². The van der Waals surface area contributed by atoms with E-state index in [-0.39, 0.29) is 30.2 Å². The summed E-state index contributed by atoms with van der Waals surface area (Å²) in [5.41, 5.74) is 8.27. The molecule has 0 aromatic heterocycles. The van der Waals surface area contributed by atoms with Crippen molar-refractivity contribution in [1.82, 2.24) is 0 Å². The van der Waals surface area contributed by atoms with Crippen LogP contribution in [0.1, 0.15) is 31.9 Å². The molecule has 0 spiro atoms. The average molecular weight is 773 g/mol. The maximum Gasteiger partial charge on any atom is -0.0114 e. The van der Waals surface area contributed by atoms with Crippen LogP contribution >= 0.6 is 0 Å². The molecule has 0 nitrogen and oxygen atoms in total. The van der Waals surface area contributed by atoms with Gasteiger partial charge in [0.15, 0.2) is 0 Å². The Morgan fingerprint density at radius 3 is 1.37 bits per heavy atom. The fraction of sp³-hybridized carbons (Fsp3) is 0.156. The Labute approximate surface area is 319 Å². The average Bonchev–Trinajstić information content (AvgIpc) is 3.74. The summed E-state index contributed by atoms with van der Waals surface area (Å²) >= 11 is 1.80. The molecule has 0 N–H and O–H groups in total. The van der Waals surface area contributed by atoms with Crippen molar-refractivity contribution in [3.63, 3.8) is 0 Å². The molecule has 0 aliphatic heterocycles. The van der Waals surface area contributed by atoms with Crippen LogP contribution in [0.25, 0.3) is 65.3 Å². The van der Waals surface area contributed by atoms with Crippen molar-refractivity contribution in [2.24, 2.45) is 0 Å². The second-order valence-corrected chi connectivity index (χ2v) is 20.1. The molecule has 0 amide bonds. The predicted octanol–water partition coefficient (Wildman–Crippen LogP) is 7.20. The second-order valence-electron chi connectivity index (χ2n) is 12.2. The quantitative estimate of drug-likeness (QED) is 0.128. The van der Waals surface area contributed by atoms with Gasteiger partial charge in [0, 0.05) is 0 Å². The first kappa shape index (κ1) is 38.5. The van der Waals surface area contributed by atoms with Crippen molar-refractivity contribution in [2.75, 3.05) is 0 Å². The van der Waals surface area contributed by atoms with Crippen LogP contribution in [0.3, 0.4) is 0 Å². The van der Waals surface area contributed by atoms with Crippen LogP contribution in [0.2, 0.25) is 12.1 Å². The smallest absolute Gasteiger partial charge is 0.0114 e. The summed E-state index contributed by atoms with van der Waals surface area (Å²) < 4.78 is 0. The molecule has 0 saturated carbocycles. The molecule has 8 aromatic carbocycles. The third kappa shape index (κ3) is 8.73. The van der Waals surface area contributed by atoms with Crippen LogP contribution in [0.15, 0.2) is 146 Å². The first-order chi connectivity index (χ1) is 23.0. The SMILES string of the molecule is CC[Si](=[Zr+2])CC.CCc1cc2c(-c3cccc4ccccc34)cccc2[cH-]1.Cc1cc2c(-c3cccc4ccccc34)cccc2[cH-]1.[Cl-].[Cl-]. The van der Waals surface area contributed by atoms with Gasteiger partial charge in [-0.15, -0.1) is 69.1 Å². The van der Waals surface area contributed by atoms with Gasteiger partial charge in [0.1, 0.15) is 0 Å². The van der Waals surface area contributed by atoms with Gasteiger partial charge in [-0.2, -0.15) is 12.1 Å². The molecule has 8 rings (SSSR count). The Hall–Kier alpha value is -3.26. The number of rotatable bonds is 5. The zero-order valence-corrected chi connectivity index (χ0v) is 33.7. The van der Waals surface area contributed by atoms with Gasteiger partial charge in [0.05, 0.1) is 0 Å². The number of benzene rings is 6. The number of hydrogen-bond donors (Lipinski definition) is 0. The summed E-state index contributed by atoms with van der Waals surface area (Å²) in [6.45, 7) is 8.97. The third-order valence-corrected chi connectivity index (χ3v) is 16.0. The second kappa shape index (κ2) is 18.1. The summed E-state index contributed by atoms with van der Waals surface area (Å²) in [5.74, 6) is 0. The van der Waals surface area contributed by atoms with E-state index in [0.29, 0.717) is 0 Å². The van der Waals surface area contributed by atoms with E-state index in [1.54, 1.807) is 23.3 Å². The van der Waals surface area contributed by atoms with Crippen LogP contribution in [-0.4, -0.2) is 5.43 Å². The molecule has 0 bridgehead atoms. The van der Waals surface area contributed by atoms with Crippen LogP contribution in [-0.2, 0) is 29.8 Å². The molecule has 0 atom stereocenters. The molecular weight excluding hydrogens is 731 g/mol. The zero-order chi connectivity index (χ0) is 32.8. The molecular formula is C45H42Cl2SiZr-2. The van der Waals surface area contributed by atoms with E-state index >= 15 is 0 Å². The summed E-state index contributed by atoms with van der Waals surface area (Å²) in [4.78, 5) is 0. The van der Waals surface area contributed by atoms with Gasteiger partial charge in [-0.1, -0.05) is 122 Å². The Morgan fingerprint density at radius 2 is 0.898 bits per heavy atom. The molecule has 0 unspecified atom stereocenters. The normalized spacial score (nSPS) is 10.5. The number of aryl methyl sites for hydroxylation is 2. The fourth-order valence-corrected chi connectivity index (χ4v) is 7.03. The number of fused-ring (bicyclic) bond motifs is 4. The minimum absolute atomic E-state index is 0. The van der Waals surface area contributed by atoms with E-state index in [4.69, 9.17) is 0 Å². The molecule has 0 radical (unpaired) electrons. The maximum absolute atomic E-state index is 2.34. The van der Waals surface area contributed by atoms with E-state index in [0.717, 1.165) is 6.42 Å². The molecule has 8 aromatic rings. The van der Waals surface area contributed by atoms with Crippen LogP contribution in [0.4, 0.5) is 0 Å². The summed E-state index contributed by atoms with van der Waals surface area (Å²) in [6, 6.07) is 55.6. The molecule has 4 heteroatoms. The monoisotopic (exact) mass is 770 g/mol. The molecule has 0 saturated heterocycles. The molecule has 0 aliphatic carbocycles. The van der Waals surface area contributed by atoms with E-state index in [1.807, 2.05) is 0 Å². The van der Waals surface area contributed by atoms with Crippen molar-refractivity contribution in [3.8, 4) is 22.3 Å². The summed E-state index contributed by atoms with van der Waals surface area (Å²) in [5, 5.41) is 10.6. The minimum Gasteiger partial charge on any atom is -1.00 e. The fourth-order valence-electron chi connectivity index (χ4n) is 6.53. The van der Waals surface area contributed by atoms with Crippen LogP contribution < -0.4 is 24.8 Å². The molecule has 246 valence electrons. The van der Waals surface area contributed by atoms with Gasteiger partial charge in [0.2, 0.25) is 0 Å². The zero-order valence-electron chi connectivity index (χ0n) is 28.7. The molecule has 49 heavy (non-hydrogen) atoms. The van der Waals surface area contributed by atoms with Crippen LogP contribution in [0, 0.1) is 6.92 Å². The van der Waals surface area contributed by atoms with Crippen molar-refractivity contribution in [2.45, 2.75) is 46.2 Å². The first-order valence-electron chi connectivity index (χ1n) is 16.9. The van der Waals surface area contributed by atoms with Crippen LogP contribution in [0.5, 0.6) is 0 Å². The van der Waals surface area contributed by atoms with Crippen molar-refractivity contribution < 1.29 is 48.1 Å². The van der Waals surface area contributed by atoms with Gasteiger partial charge in [-0.05, 0) is 39.1 Å². The number of hydrogen-bond acceptors (Lipinski definition) is 0. The topological polar surface area (TPSA) is 0 Å². The van der Waals surface area contributed by atoms with Crippen molar-refractivity contribution in [3.05, 3.63) is 157 Å². The van der Waals surface area contributed by atoms with E-state index < -0.39 is 0 Å².